The second kappa shape index (κ2) is 8.22. The molecule has 2 amide bonds. The van der Waals surface area contributed by atoms with E-state index in [-0.39, 0.29) is 11.9 Å². The molecule has 0 bridgehead atoms. The maximum absolute atomic E-state index is 13.6. The minimum atomic E-state index is -0.688. The molecule has 6 heteroatoms. The van der Waals surface area contributed by atoms with Gasteiger partial charge in [-0.15, -0.1) is 0 Å². The number of anilines is 1. The SMILES string of the molecule is COCC#CC1(C2CC2)c2cc(Cl)ccc2N(Cc2ccc(OC)cc2)C(=O)N1C. The van der Waals surface area contributed by atoms with Crippen LogP contribution < -0.4 is 9.64 Å². The van der Waals surface area contributed by atoms with Gasteiger partial charge in [-0.3, -0.25) is 4.90 Å². The summed E-state index contributed by atoms with van der Waals surface area (Å²) in [5, 5.41) is 0.638. The van der Waals surface area contributed by atoms with Crippen molar-refractivity contribution in [2.45, 2.75) is 24.9 Å². The second-order valence-corrected chi connectivity index (χ2v) is 8.15. The summed E-state index contributed by atoms with van der Waals surface area (Å²) in [5.74, 6) is 7.58. The van der Waals surface area contributed by atoms with E-state index < -0.39 is 5.54 Å². The lowest BCUT2D eigenvalue weighted by atomic mass is 9.81. The molecule has 1 heterocycles. The van der Waals surface area contributed by atoms with E-state index in [9.17, 15) is 4.79 Å². The first kappa shape index (κ1) is 20.6. The average Bonchev–Trinajstić information content (AvgIpc) is 3.60. The fourth-order valence-corrected chi connectivity index (χ4v) is 4.39. The highest BCUT2D eigenvalue weighted by Crippen LogP contribution is 2.54. The van der Waals surface area contributed by atoms with Gasteiger partial charge in [0.05, 0.1) is 19.3 Å². The maximum Gasteiger partial charge on any atom is 0.326 e. The Morgan fingerprint density at radius 2 is 1.90 bits per heavy atom. The van der Waals surface area contributed by atoms with Crippen LogP contribution in [-0.2, 0) is 16.8 Å². The van der Waals surface area contributed by atoms with E-state index in [1.165, 1.54) is 0 Å². The van der Waals surface area contributed by atoms with Gasteiger partial charge in [-0.05, 0) is 54.7 Å². The molecule has 5 nitrogen and oxygen atoms in total. The number of hydrogen-bond donors (Lipinski definition) is 0. The van der Waals surface area contributed by atoms with Gasteiger partial charge in [-0.25, -0.2) is 4.79 Å². The zero-order chi connectivity index (χ0) is 21.3. The smallest absolute Gasteiger partial charge is 0.326 e. The number of rotatable bonds is 5. The lowest BCUT2D eigenvalue weighted by Gasteiger charge is -2.47. The van der Waals surface area contributed by atoms with Gasteiger partial charge in [0, 0.05) is 24.7 Å². The van der Waals surface area contributed by atoms with Crippen LogP contribution in [0.5, 0.6) is 5.75 Å². The number of fused-ring (bicyclic) bond motifs is 1. The van der Waals surface area contributed by atoms with E-state index in [4.69, 9.17) is 21.1 Å². The number of amides is 2. The Bertz CT molecular complexity index is 1010. The van der Waals surface area contributed by atoms with Gasteiger partial charge in [0.1, 0.15) is 17.9 Å². The molecule has 1 atom stereocenters. The second-order valence-electron chi connectivity index (χ2n) is 7.71. The van der Waals surface area contributed by atoms with Gasteiger partial charge in [0.25, 0.3) is 0 Å². The highest BCUT2D eigenvalue weighted by atomic mass is 35.5. The van der Waals surface area contributed by atoms with Gasteiger partial charge in [-0.2, -0.15) is 0 Å². The van der Waals surface area contributed by atoms with E-state index in [1.54, 1.807) is 24.0 Å². The van der Waals surface area contributed by atoms with Crippen molar-refractivity contribution in [3.8, 4) is 17.6 Å². The van der Waals surface area contributed by atoms with Crippen LogP contribution in [0.4, 0.5) is 10.5 Å². The normalized spacial score (nSPS) is 20.5. The van der Waals surface area contributed by atoms with Gasteiger partial charge in [0.2, 0.25) is 0 Å². The van der Waals surface area contributed by atoms with Crippen LogP contribution >= 0.6 is 11.6 Å². The zero-order valence-electron chi connectivity index (χ0n) is 17.4. The molecule has 156 valence electrons. The Labute approximate surface area is 182 Å². The number of ether oxygens (including phenoxy) is 2. The summed E-state index contributed by atoms with van der Waals surface area (Å²) in [6.45, 7) is 0.774. The van der Waals surface area contributed by atoms with Gasteiger partial charge in [0.15, 0.2) is 0 Å². The molecule has 1 aliphatic carbocycles. The number of carbonyl (C=O) groups excluding carboxylic acids is 1. The third-order valence-corrected chi connectivity index (χ3v) is 6.11. The van der Waals surface area contributed by atoms with Crippen molar-refractivity contribution >= 4 is 23.3 Å². The molecule has 0 radical (unpaired) electrons. The molecule has 2 aromatic carbocycles. The van der Waals surface area contributed by atoms with Crippen molar-refractivity contribution in [3.63, 3.8) is 0 Å². The molecule has 0 saturated heterocycles. The van der Waals surface area contributed by atoms with E-state index in [0.717, 1.165) is 35.4 Å². The Morgan fingerprint density at radius 3 is 2.53 bits per heavy atom. The van der Waals surface area contributed by atoms with Crippen molar-refractivity contribution < 1.29 is 14.3 Å². The molecule has 1 aliphatic heterocycles. The number of halogens is 1. The van der Waals surface area contributed by atoms with Gasteiger partial charge < -0.3 is 14.4 Å². The molecular weight excluding hydrogens is 400 g/mol. The summed E-state index contributed by atoms with van der Waals surface area (Å²) in [6.07, 6.45) is 2.06. The van der Waals surface area contributed by atoms with Crippen LogP contribution in [0.1, 0.15) is 24.0 Å². The Morgan fingerprint density at radius 1 is 1.17 bits per heavy atom. The van der Waals surface area contributed by atoms with Gasteiger partial charge >= 0.3 is 6.03 Å². The molecule has 0 N–H and O–H groups in total. The predicted molar refractivity (Wildman–Crippen MR) is 118 cm³/mol. The summed E-state index contributed by atoms with van der Waals surface area (Å²) in [4.78, 5) is 17.2. The third-order valence-electron chi connectivity index (χ3n) is 5.87. The first-order valence-electron chi connectivity index (χ1n) is 9.98. The summed E-state index contributed by atoms with van der Waals surface area (Å²) >= 11 is 6.41. The molecule has 0 aromatic heterocycles. The van der Waals surface area contributed by atoms with E-state index in [2.05, 4.69) is 11.8 Å². The standard InChI is InChI=1S/C24H25ClN2O3/c1-26-23(28)27(16-17-5-10-20(30-3)11-6-17)22-12-9-19(25)15-21(22)24(26,18-7-8-18)13-4-14-29-2/h5-6,9-12,15,18H,7-8,14,16H2,1-3H3. The quantitative estimate of drug-likeness (QED) is 0.654. The minimum absolute atomic E-state index is 0.0701. The number of hydrogen-bond acceptors (Lipinski definition) is 3. The van der Waals surface area contributed by atoms with Crippen molar-refractivity contribution in [2.75, 3.05) is 32.8 Å². The zero-order valence-corrected chi connectivity index (χ0v) is 18.2. The minimum Gasteiger partial charge on any atom is -0.497 e. The molecular formula is C24H25ClN2O3. The number of methoxy groups -OCH3 is 2. The molecule has 4 rings (SSSR count). The predicted octanol–water partition coefficient (Wildman–Crippen LogP) is 4.68. The molecule has 1 unspecified atom stereocenters. The van der Waals surface area contributed by atoms with E-state index in [0.29, 0.717) is 18.2 Å². The largest absolute Gasteiger partial charge is 0.497 e. The molecule has 1 fully saturated rings. The van der Waals surface area contributed by atoms with Crippen LogP contribution in [0, 0.1) is 17.8 Å². The molecule has 1 saturated carbocycles. The third kappa shape index (κ3) is 3.51. The van der Waals surface area contributed by atoms with Crippen LogP contribution in [0.3, 0.4) is 0 Å². The molecule has 30 heavy (non-hydrogen) atoms. The number of urea groups is 1. The molecule has 2 aromatic rings. The van der Waals surface area contributed by atoms with E-state index >= 15 is 0 Å². The highest BCUT2D eigenvalue weighted by molar-refractivity contribution is 6.30. The van der Waals surface area contributed by atoms with Crippen LogP contribution in [0.25, 0.3) is 0 Å². The Balaban J connectivity index is 1.80. The summed E-state index contributed by atoms with van der Waals surface area (Å²) in [5.41, 5.74) is 2.17. The van der Waals surface area contributed by atoms with Crippen molar-refractivity contribution in [3.05, 3.63) is 58.6 Å². The van der Waals surface area contributed by atoms with Crippen molar-refractivity contribution in [1.29, 1.82) is 0 Å². The fraction of sp³-hybridized carbons (Fsp3) is 0.375. The monoisotopic (exact) mass is 424 g/mol. The lowest BCUT2D eigenvalue weighted by Crippen LogP contribution is -2.57. The van der Waals surface area contributed by atoms with Crippen molar-refractivity contribution in [1.82, 2.24) is 4.90 Å². The summed E-state index contributed by atoms with van der Waals surface area (Å²) < 4.78 is 10.4. The number of carbonyl (C=O) groups is 1. The molecule has 2 aliphatic rings. The average molecular weight is 425 g/mol. The number of benzene rings is 2. The topological polar surface area (TPSA) is 42.0 Å². The maximum atomic E-state index is 13.6. The summed E-state index contributed by atoms with van der Waals surface area (Å²) in [6, 6.07) is 13.4. The van der Waals surface area contributed by atoms with Crippen molar-refractivity contribution in [2.24, 2.45) is 5.92 Å². The van der Waals surface area contributed by atoms with Gasteiger partial charge in [-0.1, -0.05) is 35.6 Å². The highest BCUT2D eigenvalue weighted by Gasteiger charge is 2.55. The van der Waals surface area contributed by atoms with E-state index in [1.807, 2.05) is 49.5 Å². The Kier molecular flexibility index (Phi) is 5.64. The van der Waals surface area contributed by atoms with Crippen LogP contribution in [0.15, 0.2) is 42.5 Å². The number of nitrogens with zero attached hydrogens (tertiary/aromatic N) is 2. The van der Waals surface area contributed by atoms with Crippen LogP contribution in [-0.4, -0.2) is 38.8 Å². The summed E-state index contributed by atoms with van der Waals surface area (Å²) in [7, 11) is 5.10. The first-order chi connectivity index (χ1) is 14.5. The van der Waals surface area contributed by atoms with Crippen LogP contribution in [0.2, 0.25) is 5.02 Å². The lowest BCUT2D eigenvalue weighted by molar-refractivity contribution is 0.152. The molecule has 0 spiro atoms. The first-order valence-corrected chi connectivity index (χ1v) is 10.4. The fourth-order valence-electron chi connectivity index (χ4n) is 4.22. The Hall–Kier alpha value is -2.68.